The number of pyridine rings is 1. The zero-order valence-corrected chi connectivity index (χ0v) is 11.3. The van der Waals surface area contributed by atoms with Crippen LogP contribution in [0.4, 0.5) is 0 Å². The Hall–Kier alpha value is -2.11. The first-order valence-electron chi connectivity index (χ1n) is 5.95. The average Bonchev–Trinajstić information content (AvgIpc) is 2.32. The average molecular weight is 266 g/mol. The Kier molecular flexibility index (Phi) is 4.86. The Morgan fingerprint density at radius 1 is 1.47 bits per heavy atom. The fourth-order valence-corrected chi connectivity index (χ4v) is 1.59. The van der Waals surface area contributed by atoms with E-state index in [9.17, 15) is 14.4 Å². The topological polar surface area (TPSA) is 79.6 Å². The molecule has 6 heteroatoms. The molecule has 1 amide bonds. The van der Waals surface area contributed by atoms with E-state index in [0.717, 1.165) is 5.56 Å². The number of amides is 1. The summed E-state index contributed by atoms with van der Waals surface area (Å²) < 4.78 is 1.30. The summed E-state index contributed by atoms with van der Waals surface area (Å²) in [5, 5.41) is 8.78. The van der Waals surface area contributed by atoms with E-state index in [1.54, 1.807) is 19.2 Å². The lowest BCUT2D eigenvalue weighted by Gasteiger charge is -2.19. The van der Waals surface area contributed by atoms with E-state index in [0.29, 0.717) is 0 Å². The van der Waals surface area contributed by atoms with E-state index in [-0.39, 0.29) is 24.6 Å². The lowest BCUT2D eigenvalue weighted by molar-refractivity contribution is -0.142. The summed E-state index contributed by atoms with van der Waals surface area (Å²) in [6.45, 7) is 3.37. The summed E-state index contributed by atoms with van der Waals surface area (Å²) in [7, 11) is 1.53. The van der Waals surface area contributed by atoms with Crippen LogP contribution < -0.4 is 5.56 Å². The van der Waals surface area contributed by atoms with E-state index >= 15 is 0 Å². The van der Waals surface area contributed by atoms with Crippen molar-refractivity contribution in [2.24, 2.45) is 5.92 Å². The Morgan fingerprint density at radius 3 is 2.63 bits per heavy atom. The molecule has 0 aromatic carbocycles. The maximum atomic E-state index is 11.9. The van der Waals surface area contributed by atoms with Crippen LogP contribution in [-0.2, 0) is 16.1 Å². The predicted molar refractivity (Wildman–Crippen MR) is 69.9 cm³/mol. The number of carboxylic acid groups (broad SMARTS) is 1. The van der Waals surface area contributed by atoms with Gasteiger partial charge in [-0.15, -0.1) is 0 Å². The van der Waals surface area contributed by atoms with Crippen LogP contribution in [0.5, 0.6) is 0 Å². The van der Waals surface area contributed by atoms with E-state index in [1.807, 2.05) is 0 Å². The largest absolute Gasteiger partial charge is 0.481 e. The molecule has 0 aliphatic carbocycles. The number of carboxylic acids is 1. The molecule has 0 saturated carbocycles. The normalized spacial score (nSPS) is 11.9. The zero-order valence-electron chi connectivity index (χ0n) is 11.3. The molecular weight excluding hydrogens is 248 g/mol. The Bertz CT molecular complexity index is 536. The van der Waals surface area contributed by atoms with Gasteiger partial charge in [-0.1, -0.05) is 6.92 Å². The Balaban J connectivity index is 2.69. The highest BCUT2D eigenvalue weighted by Crippen LogP contribution is 2.00. The molecule has 1 aromatic heterocycles. The van der Waals surface area contributed by atoms with Crippen molar-refractivity contribution in [3.05, 3.63) is 34.2 Å². The van der Waals surface area contributed by atoms with Crippen LogP contribution >= 0.6 is 0 Å². The van der Waals surface area contributed by atoms with Gasteiger partial charge in [-0.2, -0.15) is 0 Å². The van der Waals surface area contributed by atoms with Gasteiger partial charge in [-0.05, 0) is 18.6 Å². The molecule has 104 valence electrons. The third-order valence-corrected chi connectivity index (χ3v) is 2.85. The molecule has 0 aliphatic heterocycles. The van der Waals surface area contributed by atoms with Crippen LogP contribution in [0, 0.1) is 12.8 Å². The number of hydrogen-bond donors (Lipinski definition) is 1. The van der Waals surface area contributed by atoms with Gasteiger partial charge >= 0.3 is 5.97 Å². The molecule has 1 rings (SSSR count). The molecular formula is C13H18N2O4. The minimum atomic E-state index is -0.952. The third-order valence-electron chi connectivity index (χ3n) is 2.85. The lowest BCUT2D eigenvalue weighted by atomic mass is 10.2. The molecule has 0 bridgehead atoms. The molecule has 1 N–H and O–H groups in total. The highest BCUT2D eigenvalue weighted by atomic mass is 16.4. The van der Waals surface area contributed by atoms with Crippen LogP contribution in [0.3, 0.4) is 0 Å². The second-order valence-corrected chi connectivity index (χ2v) is 4.68. The van der Waals surface area contributed by atoms with Crippen LogP contribution in [-0.4, -0.2) is 40.0 Å². The van der Waals surface area contributed by atoms with E-state index in [4.69, 9.17) is 5.11 Å². The molecule has 0 spiro atoms. The van der Waals surface area contributed by atoms with Crippen molar-refractivity contribution in [3.8, 4) is 0 Å². The first-order valence-corrected chi connectivity index (χ1v) is 5.95. The lowest BCUT2D eigenvalue weighted by Crippen LogP contribution is -2.37. The number of carbonyl (C=O) groups is 2. The molecule has 1 aromatic rings. The van der Waals surface area contributed by atoms with Gasteiger partial charge in [0.2, 0.25) is 5.91 Å². The number of likely N-dealkylation sites (N-methyl/N-ethyl adjacent to an activating group) is 1. The first-order chi connectivity index (χ1) is 8.81. The van der Waals surface area contributed by atoms with Crippen molar-refractivity contribution in [2.45, 2.75) is 20.4 Å². The fourth-order valence-electron chi connectivity index (χ4n) is 1.59. The molecule has 1 atom stereocenters. The molecule has 6 nitrogen and oxygen atoms in total. The molecule has 0 aliphatic rings. The van der Waals surface area contributed by atoms with E-state index in [2.05, 4.69) is 0 Å². The molecule has 0 radical (unpaired) electrons. The van der Waals surface area contributed by atoms with Crippen LogP contribution in [0.25, 0.3) is 0 Å². The maximum absolute atomic E-state index is 11.9. The number of aromatic nitrogens is 1. The second-order valence-electron chi connectivity index (χ2n) is 4.68. The number of hydrogen-bond acceptors (Lipinski definition) is 3. The summed E-state index contributed by atoms with van der Waals surface area (Å²) in [6, 6.07) is 3.20. The van der Waals surface area contributed by atoms with Crippen LogP contribution in [0.2, 0.25) is 0 Å². The van der Waals surface area contributed by atoms with Gasteiger partial charge in [0, 0.05) is 25.9 Å². The monoisotopic (exact) mass is 266 g/mol. The summed E-state index contributed by atoms with van der Waals surface area (Å²) in [5.41, 5.74) is 0.592. The highest BCUT2D eigenvalue weighted by molar-refractivity contribution is 5.77. The van der Waals surface area contributed by atoms with Crippen molar-refractivity contribution in [1.29, 1.82) is 0 Å². The standard InChI is InChI=1S/C13H18N2O4/c1-9-4-5-15(11(16)6-9)8-12(17)14(3)7-10(2)13(18)19/h4-6,10H,7-8H2,1-3H3,(H,18,19). The molecule has 1 unspecified atom stereocenters. The summed E-state index contributed by atoms with van der Waals surface area (Å²) >= 11 is 0. The first kappa shape index (κ1) is 14.9. The van der Waals surface area contributed by atoms with Crippen LogP contribution in [0.1, 0.15) is 12.5 Å². The Labute approximate surface area is 111 Å². The summed E-state index contributed by atoms with van der Waals surface area (Å²) in [5.74, 6) is -1.88. The quantitative estimate of drug-likeness (QED) is 0.833. The van der Waals surface area contributed by atoms with Gasteiger partial charge in [-0.3, -0.25) is 14.4 Å². The van der Waals surface area contributed by atoms with Gasteiger partial charge in [0.05, 0.1) is 5.92 Å². The number of rotatable bonds is 5. The molecule has 0 saturated heterocycles. The zero-order chi connectivity index (χ0) is 14.6. The summed E-state index contributed by atoms with van der Waals surface area (Å²) in [4.78, 5) is 35.5. The van der Waals surface area contributed by atoms with Crippen molar-refractivity contribution in [3.63, 3.8) is 0 Å². The maximum Gasteiger partial charge on any atom is 0.308 e. The van der Waals surface area contributed by atoms with Crippen LogP contribution in [0.15, 0.2) is 23.1 Å². The van der Waals surface area contributed by atoms with Gasteiger partial charge in [0.15, 0.2) is 0 Å². The minimum Gasteiger partial charge on any atom is -0.481 e. The van der Waals surface area contributed by atoms with E-state index < -0.39 is 11.9 Å². The van der Waals surface area contributed by atoms with Crippen molar-refractivity contribution in [1.82, 2.24) is 9.47 Å². The molecule has 0 fully saturated rings. The molecule has 1 heterocycles. The summed E-state index contributed by atoms with van der Waals surface area (Å²) in [6.07, 6.45) is 1.56. The van der Waals surface area contributed by atoms with Gasteiger partial charge < -0.3 is 14.6 Å². The predicted octanol–water partition coefficient (Wildman–Crippen LogP) is 0.336. The van der Waals surface area contributed by atoms with Crippen molar-refractivity contribution < 1.29 is 14.7 Å². The highest BCUT2D eigenvalue weighted by Gasteiger charge is 2.17. The SMILES string of the molecule is Cc1ccn(CC(=O)N(C)CC(C)C(=O)O)c(=O)c1. The van der Waals surface area contributed by atoms with Gasteiger partial charge in [0.25, 0.3) is 5.56 Å². The number of nitrogens with zero attached hydrogens (tertiary/aromatic N) is 2. The van der Waals surface area contributed by atoms with E-state index in [1.165, 1.54) is 29.5 Å². The fraction of sp³-hybridized carbons (Fsp3) is 0.462. The smallest absolute Gasteiger partial charge is 0.308 e. The Morgan fingerprint density at radius 2 is 2.11 bits per heavy atom. The second kappa shape index (κ2) is 6.17. The van der Waals surface area contributed by atoms with Gasteiger partial charge in [-0.25, -0.2) is 0 Å². The minimum absolute atomic E-state index is 0.0814. The number of aliphatic carboxylic acids is 1. The molecule has 19 heavy (non-hydrogen) atoms. The number of carbonyl (C=O) groups excluding carboxylic acids is 1. The van der Waals surface area contributed by atoms with Gasteiger partial charge in [0.1, 0.15) is 6.54 Å². The third kappa shape index (κ3) is 4.24. The van der Waals surface area contributed by atoms with Crippen molar-refractivity contribution in [2.75, 3.05) is 13.6 Å². The van der Waals surface area contributed by atoms with Crippen molar-refractivity contribution >= 4 is 11.9 Å². The number of aryl methyl sites for hydroxylation is 1.